The maximum Gasteiger partial charge on any atom is 0.175 e. The lowest BCUT2D eigenvalue weighted by Gasteiger charge is -2.09. The Hall–Kier alpha value is -1.04. The molecule has 1 N–H and O–H groups in total. The summed E-state index contributed by atoms with van der Waals surface area (Å²) in [5, 5.41) is 3.90. The van der Waals surface area contributed by atoms with Crippen molar-refractivity contribution >= 4 is 43.1 Å². The minimum Gasteiger partial charge on any atom is -0.381 e. The van der Waals surface area contributed by atoms with Crippen LogP contribution >= 0.6 is 27.5 Å². The van der Waals surface area contributed by atoms with Crippen molar-refractivity contribution in [2.75, 3.05) is 11.6 Å². The molecule has 0 saturated heterocycles. The highest BCUT2D eigenvalue weighted by Crippen LogP contribution is 2.22. The molecule has 0 spiro atoms. The maximum atomic E-state index is 11.4. The Kier molecular flexibility index (Phi) is 4.73. The van der Waals surface area contributed by atoms with Crippen LogP contribution in [0.5, 0.6) is 0 Å². The van der Waals surface area contributed by atoms with Gasteiger partial charge in [-0.2, -0.15) is 0 Å². The Morgan fingerprint density at radius 3 is 2.40 bits per heavy atom. The van der Waals surface area contributed by atoms with E-state index in [2.05, 4.69) is 21.2 Å². The van der Waals surface area contributed by atoms with Crippen molar-refractivity contribution in [3.63, 3.8) is 0 Å². The van der Waals surface area contributed by atoms with Crippen molar-refractivity contribution in [3.8, 4) is 0 Å². The van der Waals surface area contributed by atoms with Gasteiger partial charge < -0.3 is 5.32 Å². The van der Waals surface area contributed by atoms with Crippen LogP contribution in [0.3, 0.4) is 0 Å². The van der Waals surface area contributed by atoms with Gasteiger partial charge in [-0.25, -0.2) is 8.42 Å². The van der Waals surface area contributed by atoms with Crippen molar-refractivity contribution < 1.29 is 8.42 Å². The highest BCUT2D eigenvalue weighted by atomic mass is 79.9. The van der Waals surface area contributed by atoms with Crippen molar-refractivity contribution in [2.24, 2.45) is 0 Å². The van der Waals surface area contributed by atoms with Gasteiger partial charge in [-0.05, 0) is 48.0 Å². The molecule has 6 heteroatoms. The minimum absolute atomic E-state index is 0.312. The number of rotatable bonds is 4. The first-order chi connectivity index (χ1) is 9.36. The summed E-state index contributed by atoms with van der Waals surface area (Å²) in [6.45, 7) is 0.597. The zero-order chi connectivity index (χ0) is 14.8. The number of anilines is 1. The lowest BCUT2D eigenvalue weighted by atomic mass is 10.2. The van der Waals surface area contributed by atoms with E-state index in [4.69, 9.17) is 11.6 Å². The second kappa shape index (κ2) is 6.16. The molecule has 2 rings (SSSR count). The first-order valence-electron chi connectivity index (χ1n) is 5.84. The van der Waals surface area contributed by atoms with E-state index in [1.54, 1.807) is 24.3 Å². The first-order valence-corrected chi connectivity index (χ1v) is 8.90. The van der Waals surface area contributed by atoms with Gasteiger partial charge in [0.25, 0.3) is 0 Å². The van der Waals surface area contributed by atoms with E-state index in [-0.39, 0.29) is 0 Å². The fourth-order valence-corrected chi connectivity index (χ4v) is 2.91. The van der Waals surface area contributed by atoms with E-state index < -0.39 is 9.84 Å². The van der Waals surface area contributed by atoms with E-state index >= 15 is 0 Å². The predicted molar refractivity (Wildman–Crippen MR) is 86.0 cm³/mol. The van der Waals surface area contributed by atoms with Crippen LogP contribution in [0.1, 0.15) is 5.56 Å². The molecule has 0 radical (unpaired) electrons. The second-order valence-corrected chi connectivity index (χ2v) is 7.69. The molecule has 0 aliphatic carbocycles. The molecule has 0 heterocycles. The van der Waals surface area contributed by atoms with Crippen LogP contribution in [0, 0.1) is 0 Å². The van der Waals surface area contributed by atoms with Crippen molar-refractivity contribution in [3.05, 3.63) is 57.5 Å². The van der Waals surface area contributed by atoms with Gasteiger partial charge in [0.1, 0.15) is 0 Å². The zero-order valence-corrected chi connectivity index (χ0v) is 13.9. The number of sulfone groups is 1. The molecule has 0 aliphatic rings. The molecule has 2 aromatic carbocycles. The number of nitrogens with one attached hydrogen (secondary N) is 1. The summed E-state index contributed by atoms with van der Waals surface area (Å²) >= 11 is 9.42. The van der Waals surface area contributed by atoms with E-state index in [1.165, 1.54) is 6.26 Å². The minimum atomic E-state index is -3.15. The second-order valence-electron chi connectivity index (χ2n) is 4.39. The average molecular weight is 375 g/mol. The molecule has 0 amide bonds. The van der Waals surface area contributed by atoms with E-state index in [0.717, 1.165) is 15.7 Å². The van der Waals surface area contributed by atoms with E-state index in [9.17, 15) is 8.42 Å². The molecule has 0 saturated carbocycles. The summed E-state index contributed by atoms with van der Waals surface area (Å²) in [5.41, 5.74) is 1.88. The number of halogens is 2. The summed E-state index contributed by atoms with van der Waals surface area (Å²) in [5.74, 6) is 0. The van der Waals surface area contributed by atoms with Crippen LogP contribution in [-0.2, 0) is 16.4 Å². The molecular weight excluding hydrogens is 362 g/mol. The largest absolute Gasteiger partial charge is 0.381 e. The lowest BCUT2D eigenvalue weighted by Crippen LogP contribution is -2.01. The van der Waals surface area contributed by atoms with Crippen LogP contribution in [0.2, 0.25) is 5.02 Å². The normalized spacial score (nSPS) is 11.3. The van der Waals surface area contributed by atoms with Gasteiger partial charge in [-0.1, -0.05) is 27.5 Å². The molecule has 0 fully saturated rings. The monoisotopic (exact) mass is 373 g/mol. The Morgan fingerprint density at radius 2 is 1.80 bits per heavy atom. The molecular formula is C14H13BrClNO2S. The maximum absolute atomic E-state index is 11.4. The summed E-state index contributed by atoms with van der Waals surface area (Å²) in [7, 11) is -3.15. The van der Waals surface area contributed by atoms with E-state index in [1.807, 2.05) is 18.2 Å². The molecule has 0 bridgehead atoms. The third-order valence-electron chi connectivity index (χ3n) is 2.77. The van der Waals surface area contributed by atoms with Crippen molar-refractivity contribution in [1.82, 2.24) is 0 Å². The van der Waals surface area contributed by atoms with Gasteiger partial charge in [0, 0.05) is 28.0 Å². The summed E-state index contributed by atoms with van der Waals surface area (Å²) in [4.78, 5) is 0.312. The van der Waals surface area contributed by atoms with Gasteiger partial charge in [0.05, 0.1) is 4.90 Å². The Morgan fingerprint density at radius 1 is 1.15 bits per heavy atom. The quantitative estimate of drug-likeness (QED) is 0.875. The highest BCUT2D eigenvalue weighted by molar-refractivity contribution is 9.10. The molecule has 2 aromatic rings. The van der Waals surface area contributed by atoms with Crippen LogP contribution in [0.4, 0.5) is 5.69 Å². The summed E-state index contributed by atoms with van der Waals surface area (Å²) in [6, 6.07) is 12.3. The third-order valence-corrected chi connectivity index (χ3v) is 4.91. The molecule has 3 nitrogen and oxygen atoms in total. The SMILES string of the molecule is CS(=O)(=O)c1ccc(NCc2cc(Cl)ccc2Br)cc1. The van der Waals surface area contributed by atoms with Gasteiger partial charge in [-0.15, -0.1) is 0 Å². The van der Waals surface area contributed by atoms with Crippen LogP contribution in [-0.4, -0.2) is 14.7 Å². The lowest BCUT2D eigenvalue weighted by molar-refractivity contribution is 0.602. The summed E-state index contributed by atoms with van der Waals surface area (Å²) in [6.07, 6.45) is 1.19. The highest BCUT2D eigenvalue weighted by Gasteiger charge is 2.06. The molecule has 106 valence electrons. The summed E-state index contributed by atoms with van der Waals surface area (Å²) < 4.78 is 23.7. The van der Waals surface area contributed by atoms with Crippen molar-refractivity contribution in [1.29, 1.82) is 0 Å². The Labute approximate surface area is 132 Å². The van der Waals surface area contributed by atoms with Gasteiger partial charge in [0.2, 0.25) is 0 Å². The third kappa shape index (κ3) is 3.98. The topological polar surface area (TPSA) is 46.2 Å². The Balaban J connectivity index is 2.10. The fourth-order valence-electron chi connectivity index (χ4n) is 1.70. The van der Waals surface area contributed by atoms with Crippen LogP contribution < -0.4 is 5.32 Å². The van der Waals surface area contributed by atoms with Crippen LogP contribution in [0.25, 0.3) is 0 Å². The van der Waals surface area contributed by atoms with Crippen molar-refractivity contribution in [2.45, 2.75) is 11.4 Å². The molecule has 0 unspecified atom stereocenters. The van der Waals surface area contributed by atoms with Gasteiger partial charge >= 0.3 is 0 Å². The number of hydrogen-bond acceptors (Lipinski definition) is 3. The Bertz CT molecular complexity index is 714. The fraction of sp³-hybridized carbons (Fsp3) is 0.143. The zero-order valence-electron chi connectivity index (χ0n) is 10.7. The van der Waals surface area contributed by atoms with Gasteiger partial charge in [-0.3, -0.25) is 0 Å². The average Bonchev–Trinajstić information content (AvgIpc) is 2.39. The molecule has 0 atom stereocenters. The molecule has 0 aliphatic heterocycles. The van der Waals surface area contributed by atoms with Gasteiger partial charge in [0.15, 0.2) is 9.84 Å². The molecule has 0 aromatic heterocycles. The van der Waals surface area contributed by atoms with Crippen LogP contribution in [0.15, 0.2) is 51.8 Å². The standard InChI is InChI=1S/C14H13BrClNO2S/c1-20(18,19)13-5-3-12(4-6-13)17-9-10-8-11(16)2-7-14(10)15/h2-8,17H,9H2,1H3. The predicted octanol–water partition coefficient (Wildman–Crippen LogP) is 4.12. The smallest absolute Gasteiger partial charge is 0.175 e. The molecule has 20 heavy (non-hydrogen) atoms. The first kappa shape index (κ1) is 15.4. The number of hydrogen-bond donors (Lipinski definition) is 1. The number of benzene rings is 2. The van der Waals surface area contributed by atoms with E-state index in [0.29, 0.717) is 16.5 Å².